The van der Waals surface area contributed by atoms with E-state index in [1.54, 1.807) is 13.1 Å². The van der Waals surface area contributed by atoms with Crippen molar-refractivity contribution in [1.29, 1.82) is 0 Å². The lowest BCUT2D eigenvalue weighted by Gasteiger charge is -2.18. The molecule has 0 aromatic heterocycles. The number of rotatable bonds is 3. The third kappa shape index (κ3) is 2.60. The predicted octanol–water partition coefficient (Wildman–Crippen LogP) is 1.92. The minimum atomic E-state index is -0.328. The average molecular weight is 198 g/mol. The van der Waals surface area contributed by atoms with Crippen LogP contribution in [0.5, 0.6) is 5.75 Å². The molecule has 0 bridgehead atoms. The van der Waals surface area contributed by atoms with Crippen LogP contribution in [0.15, 0.2) is 18.2 Å². The van der Waals surface area contributed by atoms with Crippen molar-refractivity contribution in [3.63, 3.8) is 0 Å². The standard InChI is InChI=1S/C10H15FN2O/c1-7(2)14-10-6-8(11)4-5-9(10)13(3)12/h4-7H,12H2,1-3H3. The van der Waals surface area contributed by atoms with E-state index in [2.05, 4.69) is 0 Å². The molecule has 1 aromatic carbocycles. The van der Waals surface area contributed by atoms with Gasteiger partial charge in [0.2, 0.25) is 0 Å². The van der Waals surface area contributed by atoms with E-state index in [0.717, 1.165) is 0 Å². The molecule has 0 atom stereocenters. The van der Waals surface area contributed by atoms with Crippen LogP contribution in [0, 0.1) is 5.82 Å². The smallest absolute Gasteiger partial charge is 0.147 e. The van der Waals surface area contributed by atoms with Crippen LogP contribution in [0.2, 0.25) is 0 Å². The molecule has 1 rings (SSSR count). The lowest BCUT2D eigenvalue weighted by Crippen LogP contribution is -2.26. The molecule has 1 aromatic rings. The van der Waals surface area contributed by atoms with E-state index in [9.17, 15) is 4.39 Å². The number of nitrogens with two attached hydrogens (primary N) is 1. The fourth-order valence-electron chi connectivity index (χ4n) is 1.13. The van der Waals surface area contributed by atoms with Crippen molar-refractivity contribution in [2.45, 2.75) is 20.0 Å². The summed E-state index contributed by atoms with van der Waals surface area (Å²) in [7, 11) is 1.68. The molecule has 0 aliphatic carbocycles. The van der Waals surface area contributed by atoms with Gasteiger partial charge in [0.05, 0.1) is 11.8 Å². The maximum Gasteiger partial charge on any atom is 0.147 e. The number of hydrazine groups is 1. The predicted molar refractivity (Wildman–Crippen MR) is 54.8 cm³/mol. The number of ether oxygens (including phenoxy) is 1. The molecular weight excluding hydrogens is 183 g/mol. The summed E-state index contributed by atoms with van der Waals surface area (Å²) in [5, 5.41) is 1.40. The Morgan fingerprint density at radius 2 is 2.07 bits per heavy atom. The first-order chi connectivity index (χ1) is 6.50. The molecule has 14 heavy (non-hydrogen) atoms. The number of benzene rings is 1. The Bertz CT molecular complexity index is 313. The van der Waals surface area contributed by atoms with Gasteiger partial charge in [0, 0.05) is 13.1 Å². The summed E-state index contributed by atoms with van der Waals surface area (Å²) in [4.78, 5) is 0. The van der Waals surface area contributed by atoms with E-state index >= 15 is 0 Å². The molecule has 2 N–H and O–H groups in total. The van der Waals surface area contributed by atoms with E-state index in [1.807, 2.05) is 13.8 Å². The van der Waals surface area contributed by atoms with Crippen LogP contribution in [0.3, 0.4) is 0 Å². The second-order valence-electron chi connectivity index (χ2n) is 3.39. The molecule has 0 amide bonds. The van der Waals surface area contributed by atoms with Crippen LogP contribution in [0.25, 0.3) is 0 Å². The molecule has 0 radical (unpaired) electrons. The lowest BCUT2D eigenvalue weighted by atomic mass is 10.2. The highest BCUT2D eigenvalue weighted by Gasteiger charge is 2.08. The summed E-state index contributed by atoms with van der Waals surface area (Å²) in [5.74, 6) is 5.71. The van der Waals surface area contributed by atoms with Crippen molar-refractivity contribution in [2.75, 3.05) is 12.1 Å². The van der Waals surface area contributed by atoms with Crippen LogP contribution in [-0.4, -0.2) is 13.2 Å². The third-order valence-corrected chi connectivity index (χ3v) is 1.66. The Morgan fingerprint density at radius 1 is 1.43 bits per heavy atom. The number of halogens is 1. The highest BCUT2D eigenvalue weighted by atomic mass is 19.1. The minimum Gasteiger partial charge on any atom is -0.489 e. The molecule has 0 saturated carbocycles. The number of hydrogen-bond donors (Lipinski definition) is 1. The minimum absolute atomic E-state index is 0.00417. The van der Waals surface area contributed by atoms with Gasteiger partial charge in [-0.3, -0.25) is 0 Å². The first kappa shape index (κ1) is 10.8. The Labute approximate surface area is 83.2 Å². The van der Waals surface area contributed by atoms with Crippen LogP contribution in [0.1, 0.15) is 13.8 Å². The molecule has 78 valence electrons. The van der Waals surface area contributed by atoms with E-state index in [0.29, 0.717) is 11.4 Å². The Kier molecular flexibility index (Phi) is 3.30. The molecule has 0 spiro atoms. The van der Waals surface area contributed by atoms with Gasteiger partial charge >= 0.3 is 0 Å². The summed E-state index contributed by atoms with van der Waals surface area (Å²) in [6.07, 6.45) is -0.00417. The molecule has 0 unspecified atom stereocenters. The summed E-state index contributed by atoms with van der Waals surface area (Å²) in [6, 6.07) is 4.28. The first-order valence-corrected chi connectivity index (χ1v) is 4.45. The number of hydrogen-bond acceptors (Lipinski definition) is 3. The van der Waals surface area contributed by atoms with E-state index < -0.39 is 0 Å². The largest absolute Gasteiger partial charge is 0.489 e. The molecular formula is C10H15FN2O. The van der Waals surface area contributed by atoms with E-state index in [4.69, 9.17) is 10.6 Å². The molecule has 0 aliphatic heterocycles. The second-order valence-corrected chi connectivity index (χ2v) is 3.39. The fraction of sp³-hybridized carbons (Fsp3) is 0.400. The Balaban J connectivity index is 3.03. The SMILES string of the molecule is CC(C)Oc1cc(F)ccc1N(C)N. The van der Waals surface area contributed by atoms with Crippen molar-refractivity contribution in [3.8, 4) is 5.75 Å². The van der Waals surface area contributed by atoms with Crippen molar-refractivity contribution < 1.29 is 9.13 Å². The summed E-state index contributed by atoms with van der Waals surface area (Å²) < 4.78 is 18.3. The lowest BCUT2D eigenvalue weighted by molar-refractivity contribution is 0.242. The van der Waals surface area contributed by atoms with Gasteiger partial charge < -0.3 is 9.75 Å². The van der Waals surface area contributed by atoms with Crippen molar-refractivity contribution >= 4 is 5.69 Å². The van der Waals surface area contributed by atoms with Crippen molar-refractivity contribution in [2.24, 2.45) is 5.84 Å². The first-order valence-electron chi connectivity index (χ1n) is 4.45. The molecule has 0 fully saturated rings. The van der Waals surface area contributed by atoms with Gasteiger partial charge in [-0.1, -0.05) is 0 Å². The number of nitrogens with zero attached hydrogens (tertiary/aromatic N) is 1. The molecule has 3 nitrogen and oxygen atoms in total. The quantitative estimate of drug-likeness (QED) is 0.595. The third-order valence-electron chi connectivity index (χ3n) is 1.66. The van der Waals surface area contributed by atoms with Gasteiger partial charge in [-0.2, -0.15) is 0 Å². The van der Waals surface area contributed by atoms with Crippen LogP contribution in [-0.2, 0) is 0 Å². The summed E-state index contributed by atoms with van der Waals surface area (Å²) >= 11 is 0. The van der Waals surface area contributed by atoms with Gasteiger partial charge in [0.15, 0.2) is 0 Å². The van der Waals surface area contributed by atoms with Crippen molar-refractivity contribution in [1.82, 2.24) is 0 Å². The zero-order valence-electron chi connectivity index (χ0n) is 8.62. The molecule has 0 aliphatic rings. The van der Waals surface area contributed by atoms with Gasteiger partial charge in [0.1, 0.15) is 11.6 Å². The topological polar surface area (TPSA) is 38.5 Å². The fourth-order valence-corrected chi connectivity index (χ4v) is 1.13. The molecule has 4 heteroatoms. The Hall–Kier alpha value is -1.29. The summed E-state index contributed by atoms with van der Waals surface area (Å²) in [6.45, 7) is 3.76. The van der Waals surface area contributed by atoms with Gasteiger partial charge in [-0.05, 0) is 26.0 Å². The van der Waals surface area contributed by atoms with Gasteiger partial charge in [0.25, 0.3) is 0 Å². The van der Waals surface area contributed by atoms with Gasteiger partial charge in [-0.15, -0.1) is 0 Å². The van der Waals surface area contributed by atoms with Gasteiger partial charge in [-0.25, -0.2) is 10.2 Å². The summed E-state index contributed by atoms with van der Waals surface area (Å²) in [5.41, 5.74) is 0.667. The van der Waals surface area contributed by atoms with E-state index in [1.165, 1.54) is 17.1 Å². The zero-order valence-corrected chi connectivity index (χ0v) is 8.62. The highest BCUT2D eigenvalue weighted by molar-refractivity contribution is 5.57. The van der Waals surface area contributed by atoms with Crippen LogP contribution < -0.4 is 15.6 Å². The van der Waals surface area contributed by atoms with E-state index in [-0.39, 0.29) is 11.9 Å². The zero-order chi connectivity index (χ0) is 10.7. The Morgan fingerprint density at radius 3 is 2.57 bits per heavy atom. The second kappa shape index (κ2) is 4.28. The maximum atomic E-state index is 12.9. The maximum absolute atomic E-state index is 12.9. The number of anilines is 1. The average Bonchev–Trinajstić information content (AvgIpc) is 2.01. The van der Waals surface area contributed by atoms with Crippen LogP contribution >= 0.6 is 0 Å². The van der Waals surface area contributed by atoms with Crippen LogP contribution in [0.4, 0.5) is 10.1 Å². The monoisotopic (exact) mass is 198 g/mol. The highest BCUT2D eigenvalue weighted by Crippen LogP contribution is 2.27. The molecule has 0 heterocycles. The normalized spacial score (nSPS) is 10.4. The van der Waals surface area contributed by atoms with Crippen molar-refractivity contribution in [3.05, 3.63) is 24.0 Å². The molecule has 0 saturated heterocycles.